The molecule has 3 aliphatic rings. The first-order valence-electron chi connectivity index (χ1n) is 8.53. The van der Waals surface area contributed by atoms with Crippen molar-refractivity contribution >= 4 is 5.91 Å². The van der Waals surface area contributed by atoms with Gasteiger partial charge in [-0.3, -0.25) is 4.79 Å². The molecule has 0 aromatic heterocycles. The fourth-order valence-electron chi connectivity index (χ4n) is 4.60. The number of nitrogens with zero attached hydrogens (tertiary/aromatic N) is 1. The molecule has 114 valence electrons. The summed E-state index contributed by atoms with van der Waals surface area (Å²) in [6.45, 7) is 2.64. The average Bonchev–Trinajstić information content (AvgIpc) is 2.93. The van der Waals surface area contributed by atoms with Crippen molar-refractivity contribution in [2.45, 2.75) is 57.8 Å². The van der Waals surface area contributed by atoms with Crippen LogP contribution in [0.2, 0.25) is 0 Å². The summed E-state index contributed by atoms with van der Waals surface area (Å²) in [4.78, 5) is 15.0. The summed E-state index contributed by atoms with van der Waals surface area (Å²) in [6.07, 6.45) is 11.5. The van der Waals surface area contributed by atoms with E-state index in [4.69, 9.17) is 4.74 Å². The summed E-state index contributed by atoms with van der Waals surface area (Å²) in [6, 6.07) is 0. The lowest BCUT2D eigenvalue weighted by molar-refractivity contribution is -0.151. The summed E-state index contributed by atoms with van der Waals surface area (Å²) in [7, 11) is 1.72. The highest BCUT2D eigenvalue weighted by atomic mass is 16.5. The van der Waals surface area contributed by atoms with Gasteiger partial charge in [0.15, 0.2) is 0 Å². The molecular formula is C17H29NO2. The first kappa shape index (κ1) is 14.4. The van der Waals surface area contributed by atoms with Crippen LogP contribution in [0.25, 0.3) is 0 Å². The van der Waals surface area contributed by atoms with Crippen LogP contribution in [0.4, 0.5) is 0 Å². The van der Waals surface area contributed by atoms with Gasteiger partial charge in [-0.1, -0.05) is 38.5 Å². The Balaban J connectivity index is 1.57. The first-order chi connectivity index (χ1) is 9.75. The van der Waals surface area contributed by atoms with Crippen LogP contribution in [0, 0.1) is 17.3 Å². The molecule has 2 saturated carbocycles. The van der Waals surface area contributed by atoms with Crippen LogP contribution < -0.4 is 0 Å². The molecule has 0 aromatic rings. The fourth-order valence-corrected chi connectivity index (χ4v) is 4.60. The summed E-state index contributed by atoms with van der Waals surface area (Å²) < 4.78 is 5.33. The lowest BCUT2D eigenvalue weighted by Crippen LogP contribution is -2.49. The monoisotopic (exact) mass is 279 g/mol. The van der Waals surface area contributed by atoms with E-state index < -0.39 is 0 Å². The molecule has 2 aliphatic carbocycles. The largest absolute Gasteiger partial charge is 0.384 e. The van der Waals surface area contributed by atoms with E-state index in [2.05, 4.69) is 4.90 Å². The number of hydrogen-bond acceptors (Lipinski definition) is 2. The summed E-state index contributed by atoms with van der Waals surface area (Å²) in [5.74, 6) is 2.06. The van der Waals surface area contributed by atoms with Gasteiger partial charge in [0.1, 0.15) is 0 Å². The van der Waals surface area contributed by atoms with Crippen LogP contribution >= 0.6 is 0 Å². The van der Waals surface area contributed by atoms with Crippen molar-refractivity contribution in [3.63, 3.8) is 0 Å². The Morgan fingerprint density at radius 2 is 1.85 bits per heavy atom. The second kappa shape index (κ2) is 6.05. The summed E-state index contributed by atoms with van der Waals surface area (Å²) in [5, 5.41) is 0. The number of amides is 1. The van der Waals surface area contributed by atoms with Crippen molar-refractivity contribution in [3.05, 3.63) is 0 Å². The van der Waals surface area contributed by atoms with E-state index in [0.717, 1.165) is 37.8 Å². The third kappa shape index (κ3) is 2.61. The molecule has 0 bridgehead atoms. The molecule has 1 aliphatic heterocycles. The van der Waals surface area contributed by atoms with Gasteiger partial charge in [-0.05, 0) is 31.1 Å². The van der Waals surface area contributed by atoms with E-state index in [1.807, 2.05) is 0 Å². The van der Waals surface area contributed by atoms with Crippen LogP contribution in [0.5, 0.6) is 0 Å². The molecule has 3 fully saturated rings. The Morgan fingerprint density at radius 1 is 1.10 bits per heavy atom. The van der Waals surface area contributed by atoms with Crippen molar-refractivity contribution < 1.29 is 9.53 Å². The van der Waals surface area contributed by atoms with Crippen LogP contribution in [0.15, 0.2) is 0 Å². The molecule has 1 amide bonds. The second-order valence-electron chi connectivity index (χ2n) is 7.26. The number of likely N-dealkylation sites (tertiary alicyclic amines) is 1. The molecule has 3 nitrogen and oxygen atoms in total. The summed E-state index contributed by atoms with van der Waals surface area (Å²) >= 11 is 0. The Morgan fingerprint density at radius 3 is 2.45 bits per heavy atom. The van der Waals surface area contributed by atoms with Crippen molar-refractivity contribution in [1.82, 2.24) is 4.90 Å². The van der Waals surface area contributed by atoms with Crippen molar-refractivity contribution in [1.29, 1.82) is 0 Å². The molecule has 3 rings (SSSR count). The third-order valence-corrected chi connectivity index (χ3v) is 6.01. The van der Waals surface area contributed by atoms with E-state index in [-0.39, 0.29) is 5.41 Å². The zero-order valence-corrected chi connectivity index (χ0v) is 12.9. The third-order valence-electron chi connectivity index (χ3n) is 6.01. The smallest absolute Gasteiger partial charge is 0.231 e. The molecule has 0 radical (unpaired) electrons. The number of carbonyl (C=O) groups excluding carboxylic acids is 1. The van der Waals surface area contributed by atoms with Gasteiger partial charge in [0.05, 0.1) is 12.0 Å². The van der Waals surface area contributed by atoms with Gasteiger partial charge in [0.25, 0.3) is 0 Å². The fraction of sp³-hybridized carbons (Fsp3) is 0.941. The maximum atomic E-state index is 12.8. The number of ether oxygens (including phenoxy) is 1. The molecule has 3 heteroatoms. The highest BCUT2D eigenvalue weighted by Crippen LogP contribution is 2.44. The minimum absolute atomic E-state index is 0.157. The molecule has 20 heavy (non-hydrogen) atoms. The standard InChI is InChI=1S/C17H29NO2/c1-20-13-17(9-5-10-17)16(19)18-11-8-15(12-18)14-6-3-2-4-7-14/h14-15H,2-13H2,1H3/t15-/m1/s1. The Bertz CT molecular complexity index is 345. The zero-order chi connectivity index (χ0) is 14.0. The predicted molar refractivity (Wildman–Crippen MR) is 79.4 cm³/mol. The molecule has 1 atom stereocenters. The van der Waals surface area contributed by atoms with Gasteiger partial charge < -0.3 is 9.64 Å². The minimum atomic E-state index is -0.157. The topological polar surface area (TPSA) is 29.5 Å². The van der Waals surface area contributed by atoms with Crippen LogP contribution in [0.1, 0.15) is 57.8 Å². The van der Waals surface area contributed by atoms with E-state index >= 15 is 0 Å². The van der Waals surface area contributed by atoms with Gasteiger partial charge in [-0.2, -0.15) is 0 Å². The number of rotatable bonds is 4. The van der Waals surface area contributed by atoms with E-state index in [9.17, 15) is 4.79 Å². The summed E-state index contributed by atoms with van der Waals surface area (Å²) in [5.41, 5.74) is -0.157. The van der Waals surface area contributed by atoms with Gasteiger partial charge in [-0.25, -0.2) is 0 Å². The lowest BCUT2D eigenvalue weighted by atomic mass is 9.68. The first-order valence-corrected chi connectivity index (χ1v) is 8.53. The van der Waals surface area contributed by atoms with Gasteiger partial charge in [-0.15, -0.1) is 0 Å². The Hall–Kier alpha value is -0.570. The molecule has 0 unspecified atom stereocenters. The normalized spacial score (nSPS) is 30.2. The highest BCUT2D eigenvalue weighted by molar-refractivity contribution is 5.84. The predicted octanol–water partition coefficient (Wildman–Crippen LogP) is 3.23. The van der Waals surface area contributed by atoms with Crippen molar-refractivity contribution in [2.24, 2.45) is 17.3 Å². The molecule has 0 N–H and O–H groups in total. The maximum Gasteiger partial charge on any atom is 0.231 e. The Kier molecular flexibility index (Phi) is 4.34. The van der Waals surface area contributed by atoms with E-state index in [1.165, 1.54) is 44.9 Å². The highest BCUT2D eigenvalue weighted by Gasteiger charge is 2.47. The number of hydrogen-bond donors (Lipinski definition) is 0. The molecule has 1 heterocycles. The van der Waals surface area contributed by atoms with E-state index in [0.29, 0.717) is 12.5 Å². The lowest BCUT2D eigenvalue weighted by Gasteiger charge is -2.42. The van der Waals surface area contributed by atoms with Crippen LogP contribution in [0.3, 0.4) is 0 Å². The minimum Gasteiger partial charge on any atom is -0.384 e. The van der Waals surface area contributed by atoms with Crippen molar-refractivity contribution in [2.75, 3.05) is 26.8 Å². The molecular weight excluding hydrogens is 250 g/mol. The quantitative estimate of drug-likeness (QED) is 0.790. The SMILES string of the molecule is COCC1(C(=O)N2CC[C@@H](C3CCCCC3)C2)CCC1. The van der Waals surface area contributed by atoms with Gasteiger partial charge >= 0.3 is 0 Å². The molecule has 1 saturated heterocycles. The van der Waals surface area contributed by atoms with Crippen LogP contribution in [-0.4, -0.2) is 37.6 Å². The van der Waals surface area contributed by atoms with E-state index in [1.54, 1.807) is 7.11 Å². The van der Waals surface area contributed by atoms with Crippen molar-refractivity contribution in [3.8, 4) is 0 Å². The van der Waals surface area contributed by atoms with Crippen LogP contribution in [-0.2, 0) is 9.53 Å². The zero-order valence-electron chi connectivity index (χ0n) is 12.9. The van der Waals surface area contributed by atoms with Gasteiger partial charge in [0, 0.05) is 20.2 Å². The number of methoxy groups -OCH3 is 1. The number of carbonyl (C=O) groups is 1. The average molecular weight is 279 g/mol. The molecule has 0 spiro atoms. The molecule has 0 aromatic carbocycles. The maximum absolute atomic E-state index is 12.8. The second-order valence-corrected chi connectivity index (χ2v) is 7.26. The van der Waals surface area contributed by atoms with Gasteiger partial charge in [0.2, 0.25) is 5.91 Å². The Labute approximate surface area is 123 Å².